The third kappa shape index (κ3) is 4.47. The lowest BCUT2D eigenvalue weighted by Gasteiger charge is -2.09. The van der Waals surface area contributed by atoms with E-state index in [2.05, 4.69) is 6.92 Å². The molecule has 1 aromatic rings. The first-order chi connectivity index (χ1) is 8.66. The fourth-order valence-electron chi connectivity index (χ4n) is 2.16. The van der Waals surface area contributed by atoms with Gasteiger partial charge in [-0.15, -0.1) is 0 Å². The van der Waals surface area contributed by atoms with Crippen LogP contribution in [0.2, 0.25) is 0 Å². The Morgan fingerprint density at radius 1 is 0.889 bits per heavy atom. The zero-order chi connectivity index (χ0) is 13.4. The maximum Gasteiger partial charge on any atom is 0.140 e. The molecule has 0 saturated heterocycles. The minimum Gasteiger partial charge on any atom is -0.506 e. The predicted octanol–water partition coefficient (Wildman–Crippen LogP) is 3.85. The molecule has 0 saturated carbocycles. The molecule has 0 fully saturated rings. The molecule has 0 heterocycles. The SMILES string of the molecule is CCCCCCCCCc1ccc(O)c(N)c1N. The Bertz CT molecular complexity index is 364. The summed E-state index contributed by atoms with van der Waals surface area (Å²) in [7, 11) is 0. The summed E-state index contributed by atoms with van der Waals surface area (Å²) in [6, 6.07) is 3.50. The molecule has 3 nitrogen and oxygen atoms in total. The van der Waals surface area contributed by atoms with Crippen LogP contribution in [-0.2, 0) is 6.42 Å². The maximum atomic E-state index is 9.41. The molecule has 18 heavy (non-hydrogen) atoms. The van der Waals surface area contributed by atoms with Gasteiger partial charge >= 0.3 is 0 Å². The van der Waals surface area contributed by atoms with Crippen molar-refractivity contribution in [3.8, 4) is 5.75 Å². The second-order valence-electron chi connectivity index (χ2n) is 4.94. The Morgan fingerprint density at radius 2 is 1.50 bits per heavy atom. The van der Waals surface area contributed by atoms with E-state index in [1.807, 2.05) is 6.07 Å². The standard InChI is InChI=1S/C15H26N2O/c1-2-3-4-5-6-7-8-9-12-10-11-13(18)15(17)14(12)16/h10-11,18H,2-9,16-17H2,1H3. The Balaban J connectivity index is 2.25. The summed E-state index contributed by atoms with van der Waals surface area (Å²) in [6.45, 7) is 2.23. The van der Waals surface area contributed by atoms with Gasteiger partial charge in [-0.3, -0.25) is 0 Å². The minimum atomic E-state index is 0.0795. The Morgan fingerprint density at radius 3 is 2.17 bits per heavy atom. The van der Waals surface area contributed by atoms with Crippen molar-refractivity contribution in [1.29, 1.82) is 0 Å². The maximum absolute atomic E-state index is 9.41. The van der Waals surface area contributed by atoms with E-state index in [0.717, 1.165) is 18.4 Å². The van der Waals surface area contributed by atoms with E-state index >= 15 is 0 Å². The molecule has 0 aromatic heterocycles. The van der Waals surface area contributed by atoms with Crippen molar-refractivity contribution in [2.45, 2.75) is 58.3 Å². The van der Waals surface area contributed by atoms with E-state index in [1.165, 1.54) is 38.5 Å². The van der Waals surface area contributed by atoms with Crippen molar-refractivity contribution in [2.24, 2.45) is 0 Å². The number of benzene rings is 1. The summed E-state index contributed by atoms with van der Waals surface area (Å²) in [5.41, 5.74) is 13.5. The quantitative estimate of drug-likeness (QED) is 0.373. The molecule has 5 N–H and O–H groups in total. The number of phenolic OH excluding ortho intramolecular Hbond substituents is 1. The first-order valence-corrected chi connectivity index (χ1v) is 7.02. The lowest BCUT2D eigenvalue weighted by Crippen LogP contribution is -2.00. The van der Waals surface area contributed by atoms with E-state index < -0.39 is 0 Å². The number of phenols is 1. The third-order valence-electron chi connectivity index (χ3n) is 3.40. The number of aromatic hydroxyl groups is 1. The normalized spacial score (nSPS) is 10.7. The van der Waals surface area contributed by atoms with Crippen molar-refractivity contribution in [3.05, 3.63) is 17.7 Å². The van der Waals surface area contributed by atoms with Crippen LogP contribution in [0, 0.1) is 0 Å². The molecule has 102 valence electrons. The van der Waals surface area contributed by atoms with Gasteiger partial charge in [-0.1, -0.05) is 51.5 Å². The van der Waals surface area contributed by atoms with E-state index in [1.54, 1.807) is 6.07 Å². The molecular formula is C15H26N2O. The van der Waals surface area contributed by atoms with Crippen molar-refractivity contribution in [3.63, 3.8) is 0 Å². The average Bonchev–Trinajstić information content (AvgIpc) is 2.37. The van der Waals surface area contributed by atoms with Gasteiger partial charge in [0.05, 0.1) is 11.4 Å². The van der Waals surface area contributed by atoms with Gasteiger partial charge in [0.25, 0.3) is 0 Å². The molecule has 3 heteroatoms. The molecule has 1 aromatic carbocycles. The highest BCUT2D eigenvalue weighted by molar-refractivity contribution is 5.73. The Hall–Kier alpha value is -1.38. The molecule has 0 spiro atoms. The van der Waals surface area contributed by atoms with Gasteiger partial charge in [0.1, 0.15) is 5.75 Å². The van der Waals surface area contributed by atoms with Crippen LogP contribution in [0.5, 0.6) is 5.75 Å². The smallest absolute Gasteiger partial charge is 0.140 e. The largest absolute Gasteiger partial charge is 0.506 e. The molecule has 0 amide bonds. The fourth-order valence-corrected chi connectivity index (χ4v) is 2.16. The molecule has 0 unspecified atom stereocenters. The van der Waals surface area contributed by atoms with Crippen LogP contribution in [0.15, 0.2) is 12.1 Å². The molecule has 0 radical (unpaired) electrons. The molecule has 0 aliphatic heterocycles. The summed E-state index contributed by atoms with van der Waals surface area (Å²) in [5.74, 6) is 0.0795. The van der Waals surface area contributed by atoms with Crippen LogP contribution >= 0.6 is 0 Å². The van der Waals surface area contributed by atoms with Crippen LogP contribution in [-0.4, -0.2) is 5.11 Å². The van der Waals surface area contributed by atoms with Gasteiger partial charge in [0.2, 0.25) is 0 Å². The van der Waals surface area contributed by atoms with Gasteiger partial charge < -0.3 is 16.6 Å². The first kappa shape index (κ1) is 14.7. The number of aryl methyl sites for hydroxylation is 1. The molecule has 1 rings (SSSR count). The first-order valence-electron chi connectivity index (χ1n) is 7.02. The van der Waals surface area contributed by atoms with E-state index in [-0.39, 0.29) is 5.75 Å². The summed E-state index contributed by atoms with van der Waals surface area (Å²) < 4.78 is 0. The van der Waals surface area contributed by atoms with Crippen molar-refractivity contribution < 1.29 is 5.11 Å². The van der Waals surface area contributed by atoms with E-state index in [9.17, 15) is 5.11 Å². The highest BCUT2D eigenvalue weighted by Crippen LogP contribution is 2.30. The van der Waals surface area contributed by atoms with E-state index in [4.69, 9.17) is 11.5 Å². The number of nitrogen functional groups attached to an aromatic ring is 2. The van der Waals surface area contributed by atoms with Gasteiger partial charge in [-0.25, -0.2) is 0 Å². The summed E-state index contributed by atoms with van der Waals surface area (Å²) in [5, 5.41) is 9.41. The second kappa shape index (κ2) is 7.85. The van der Waals surface area contributed by atoms with Crippen molar-refractivity contribution in [2.75, 3.05) is 11.5 Å². The lowest BCUT2D eigenvalue weighted by molar-refractivity contribution is 0.478. The van der Waals surface area contributed by atoms with Crippen molar-refractivity contribution >= 4 is 11.4 Å². The number of nitrogens with two attached hydrogens (primary N) is 2. The molecule has 0 aliphatic rings. The summed E-state index contributed by atoms with van der Waals surface area (Å²) in [4.78, 5) is 0. The topological polar surface area (TPSA) is 72.3 Å². The number of hydrogen-bond donors (Lipinski definition) is 3. The van der Waals surface area contributed by atoms with Crippen LogP contribution in [0.4, 0.5) is 11.4 Å². The van der Waals surface area contributed by atoms with Gasteiger partial charge in [-0.2, -0.15) is 0 Å². The van der Waals surface area contributed by atoms with Crippen LogP contribution in [0.25, 0.3) is 0 Å². The zero-order valence-corrected chi connectivity index (χ0v) is 11.4. The number of unbranched alkanes of at least 4 members (excludes halogenated alkanes) is 6. The zero-order valence-electron chi connectivity index (χ0n) is 11.4. The summed E-state index contributed by atoms with van der Waals surface area (Å²) in [6.07, 6.45) is 9.96. The Labute approximate surface area is 110 Å². The second-order valence-corrected chi connectivity index (χ2v) is 4.94. The van der Waals surface area contributed by atoms with Gasteiger partial charge in [0.15, 0.2) is 0 Å². The molecule has 0 aliphatic carbocycles. The highest BCUT2D eigenvalue weighted by Gasteiger charge is 2.06. The van der Waals surface area contributed by atoms with Crippen LogP contribution in [0.3, 0.4) is 0 Å². The monoisotopic (exact) mass is 250 g/mol. The number of hydrogen-bond acceptors (Lipinski definition) is 3. The fraction of sp³-hybridized carbons (Fsp3) is 0.600. The minimum absolute atomic E-state index is 0.0795. The third-order valence-corrected chi connectivity index (χ3v) is 3.40. The van der Waals surface area contributed by atoms with Crippen LogP contribution < -0.4 is 11.5 Å². The number of anilines is 2. The predicted molar refractivity (Wildman–Crippen MR) is 78.6 cm³/mol. The van der Waals surface area contributed by atoms with Gasteiger partial charge in [0, 0.05) is 0 Å². The highest BCUT2D eigenvalue weighted by atomic mass is 16.3. The Kier molecular flexibility index (Phi) is 6.40. The van der Waals surface area contributed by atoms with Crippen LogP contribution in [0.1, 0.15) is 57.4 Å². The van der Waals surface area contributed by atoms with Gasteiger partial charge in [-0.05, 0) is 24.5 Å². The average molecular weight is 250 g/mol. The molecular weight excluding hydrogens is 224 g/mol. The van der Waals surface area contributed by atoms with E-state index in [0.29, 0.717) is 11.4 Å². The lowest BCUT2D eigenvalue weighted by atomic mass is 10.0. The summed E-state index contributed by atoms with van der Waals surface area (Å²) >= 11 is 0. The molecule has 0 atom stereocenters. The van der Waals surface area contributed by atoms with Crippen molar-refractivity contribution in [1.82, 2.24) is 0 Å². The molecule has 0 bridgehead atoms. The number of rotatable bonds is 8.